The Kier molecular flexibility index (Phi) is 3.50. The van der Waals surface area contributed by atoms with Crippen LogP contribution in [0.3, 0.4) is 0 Å². The lowest BCUT2D eigenvalue weighted by Gasteiger charge is -2.17. The number of hydrogen-bond donors (Lipinski definition) is 2. The third-order valence-electron chi connectivity index (χ3n) is 2.94. The van der Waals surface area contributed by atoms with Gasteiger partial charge in [-0.1, -0.05) is 0 Å². The summed E-state index contributed by atoms with van der Waals surface area (Å²) in [6.07, 6.45) is 1.60. The number of nitrogens with zero attached hydrogens (tertiary/aromatic N) is 1. The van der Waals surface area contributed by atoms with E-state index in [1.807, 2.05) is 0 Å². The number of pyridine rings is 1. The zero-order valence-electron chi connectivity index (χ0n) is 11.4. The highest BCUT2D eigenvalue weighted by Gasteiger charge is 2.20. The minimum Gasteiger partial charge on any atom is -0.493 e. The number of hydrogen-bond acceptors (Lipinski definition) is 6. The van der Waals surface area contributed by atoms with E-state index in [1.54, 1.807) is 40.6 Å². The summed E-state index contributed by atoms with van der Waals surface area (Å²) in [6, 6.07) is 1.79. The van der Waals surface area contributed by atoms with Crippen LogP contribution in [-0.4, -0.2) is 33.4 Å². The fourth-order valence-corrected chi connectivity index (χ4v) is 2.10. The Morgan fingerprint density at radius 1 is 1.11 bits per heavy atom. The van der Waals surface area contributed by atoms with Crippen LogP contribution in [0.5, 0.6) is 17.2 Å². The molecule has 19 heavy (non-hydrogen) atoms. The van der Waals surface area contributed by atoms with Crippen LogP contribution in [0.2, 0.25) is 0 Å². The van der Waals surface area contributed by atoms with E-state index in [-0.39, 0.29) is 0 Å². The summed E-state index contributed by atoms with van der Waals surface area (Å²) in [6.45, 7) is 0. The molecule has 102 valence electrons. The molecule has 2 rings (SSSR count). The van der Waals surface area contributed by atoms with Gasteiger partial charge in [-0.15, -0.1) is 0 Å². The molecule has 0 unspecified atom stereocenters. The Balaban J connectivity index is 2.94. The first-order valence-corrected chi connectivity index (χ1v) is 5.72. The van der Waals surface area contributed by atoms with Crippen molar-refractivity contribution >= 4 is 22.3 Å². The number of rotatable bonds is 4. The second kappa shape index (κ2) is 5.09. The number of aromatic nitrogens is 1. The molecule has 0 aliphatic heterocycles. The normalized spacial score (nSPS) is 10.3. The van der Waals surface area contributed by atoms with Gasteiger partial charge in [0.05, 0.1) is 49.8 Å². The molecule has 6 nitrogen and oxygen atoms in total. The van der Waals surface area contributed by atoms with E-state index >= 15 is 0 Å². The quantitative estimate of drug-likeness (QED) is 0.877. The Hall–Kier alpha value is -2.37. The van der Waals surface area contributed by atoms with Crippen molar-refractivity contribution in [2.45, 2.75) is 0 Å². The van der Waals surface area contributed by atoms with Crippen molar-refractivity contribution in [3.63, 3.8) is 0 Å². The van der Waals surface area contributed by atoms with Crippen molar-refractivity contribution in [3.8, 4) is 17.2 Å². The number of nitrogen functional groups attached to an aromatic ring is 1. The number of nitrogens with one attached hydrogen (secondary N) is 1. The molecule has 0 saturated carbocycles. The smallest absolute Gasteiger partial charge is 0.204 e. The monoisotopic (exact) mass is 263 g/mol. The standard InChI is InChI=1S/C13H17N3O3/c1-15-11-7(14)6-16-8-5-9(17-2)12(18-3)13(19-4)10(8)11/h5-6H,14H2,1-4H3,(H,15,16). The van der Waals surface area contributed by atoms with Crippen molar-refractivity contribution in [1.82, 2.24) is 4.98 Å². The van der Waals surface area contributed by atoms with Crippen LogP contribution >= 0.6 is 0 Å². The molecule has 1 aromatic heterocycles. The highest BCUT2D eigenvalue weighted by atomic mass is 16.5. The molecule has 0 fully saturated rings. The van der Waals surface area contributed by atoms with Crippen LogP contribution in [0, 0.1) is 0 Å². The molecule has 0 amide bonds. The van der Waals surface area contributed by atoms with Crippen LogP contribution in [0.25, 0.3) is 10.9 Å². The first kappa shape index (κ1) is 13.1. The summed E-state index contributed by atoms with van der Waals surface area (Å²) in [5, 5.41) is 3.83. The van der Waals surface area contributed by atoms with Gasteiger partial charge in [0, 0.05) is 13.1 Å². The first-order valence-electron chi connectivity index (χ1n) is 5.72. The number of benzene rings is 1. The Bertz CT molecular complexity index is 614. The number of methoxy groups -OCH3 is 3. The topological polar surface area (TPSA) is 78.6 Å². The molecule has 3 N–H and O–H groups in total. The SMILES string of the molecule is CNc1c(N)cnc2cc(OC)c(OC)c(OC)c12. The minimum atomic E-state index is 0.515. The highest BCUT2D eigenvalue weighted by Crippen LogP contribution is 2.46. The number of anilines is 2. The van der Waals surface area contributed by atoms with Gasteiger partial charge in [-0.3, -0.25) is 4.98 Å². The maximum atomic E-state index is 5.93. The highest BCUT2D eigenvalue weighted by molar-refractivity contribution is 6.03. The number of fused-ring (bicyclic) bond motifs is 1. The molecule has 0 spiro atoms. The van der Waals surface area contributed by atoms with Crippen molar-refractivity contribution in [2.75, 3.05) is 39.4 Å². The number of ether oxygens (including phenoxy) is 3. The summed E-state index contributed by atoms with van der Waals surface area (Å²) in [4.78, 5) is 4.30. The van der Waals surface area contributed by atoms with Gasteiger partial charge in [0.15, 0.2) is 11.5 Å². The molecule has 0 aliphatic carbocycles. The van der Waals surface area contributed by atoms with E-state index in [1.165, 1.54) is 0 Å². The molecule has 6 heteroatoms. The summed E-state index contributed by atoms with van der Waals surface area (Å²) in [7, 11) is 6.49. The van der Waals surface area contributed by atoms with Crippen molar-refractivity contribution in [2.24, 2.45) is 0 Å². The number of nitrogens with two attached hydrogens (primary N) is 1. The van der Waals surface area contributed by atoms with Crippen molar-refractivity contribution in [3.05, 3.63) is 12.3 Å². The average molecular weight is 263 g/mol. The fourth-order valence-electron chi connectivity index (χ4n) is 2.10. The Morgan fingerprint density at radius 3 is 2.32 bits per heavy atom. The summed E-state index contributed by atoms with van der Waals surface area (Å²) in [5.74, 6) is 1.62. The van der Waals surface area contributed by atoms with E-state index in [0.29, 0.717) is 28.5 Å². The largest absolute Gasteiger partial charge is 0.493 e. The second-order valence-electron chi connectivity index (χ2n) is 3.88. The molecule has 0 aliphatic rings. The minimum absolute atomic E-state index is 0.515. The molecular formula is C13H17N3O3. The third-order valence-corrected chi connectivity index (χ3v) is 2.94. The van der Waals surface area contributed by atoms with Crippen LogP contribution in [-0.2, 0) is 0 Å². The lowest BCUT2D eigenvalue weighted by Crippen LogP contribution is -2.02. The van der Waals surface area contributed by atoms with Gasteiger partial charge >= 0.3 is 0 Å². The molecule has 0 radical (unpaired) electrons. The van der Waals surface area contributed by atoms with E-state index in [9.17, 15) is 0 Å². The maximum Gasteiger partial charge on any atom is 0.204 e. The zero-order chi connectivity index (χ0) is 14.0. The summed E-state index contributed by atoms with van der Waals surface area (Å²) >= 11 is 0. The van der Waals surface area contributed by atoms with E-state index < -0.39 is 0 Å². The van der Waals surface area contributed by atoms with Crippen LogP contribution < -0.4 is 25.3 Å². The third kappa shape index (κ3) is 1.95. The first-order chi connectivity index (χ1) is 9.17. The van der Waals surface area contributed by atoms with E-state index in [0.717, 1.165) is 11.1 Å². The zero-order valence-corrected chi connectivity index (χ0v) is 11.4. The van der Waals surface area contributed by atoms with Crippen LogP contribution in [0.1, 0.15) is 0 Å². The Labute approximate surface area is 111 Å². The molecule has 0 atom stereocenters. The van der Waals surface area contributed by atoms with Gasteiger partial charge in [-0.05, 0) is 0 Å². The summed E-state index contributed by atoms with van der Waals surface area (Å²) in [5.41, 5.74) is 7.94. The summed E-state index contributed by atoms with van der Waals surface area (Å²) < 4.78 is 16.1. The molecule has 0 bridgehead atoms. The van der Waals surface area contributed by atoms with Gasteiger partial charge in [0.2, 0.25) is 5.75 Å². The van der Waals surface area contributed by atoms with Crippen molar-refractivity contribution < 1.29 is 14.2 Å². The fraction of sp³-hybridized carbons (Fsp3) is 0.308. The van der Waals surface area contributed by atoms with Gasteiger partial charge in [-0.25, -0.2) is 0 Å². The van der Waals surface area contributed by atoms with Gasteiger partial charge in [-0.2, -0.15) is 0 Å². The predicted octanol–water partition coefficient (Wildman–Crippen LogP) is 1.88. The Morgan fingerprint density at radius 2 is 1.79 bits per heavy atom. The lowest BCUT2D eigenvalue weighted by molar-refractivity contribution is 0.327. The van der Waals surface area contributed by atoms with E-state index in [4.69, 9.17) is 19.9 Å². The van der Waals surface area contributed by atoms with Gasteiger partial charge in [0.1, 0.15) is 0 Å². The van der Waals surface area contributed by atoms with Crippen LogP contribution in [0.4, 0.5) is 11.4 Å². The van der Waals surface area contributed by atoms with Crippen LogP contribution in [0.15, 0.2) is 12.3 Å². The van der Waals surface area contributed by atoms with Crippen molar-refractivity contribution in [1.29, 1.82) is 0 Å². The van der Waals surface area contributed by atoms with Gasteiger partial charge < -0.3 is 25.3 Å². The molecule has 2 aromatic rings. The molecule has 1 heterocycles. The molecular weight excluding hydrogens is 246 g/mol. The maximum absolute atomic E-state index is 5.93. The van der Waals surface area contributed by atoms with E-state index in [2.05, 4.69) is 10.3 Å². The second-order valence-corrected chi connectivity index (χ2v) is 3.88. The predicted molar refractivity (Wildman–Crippen MR) is 75.4 cm³/mol. The molecule has 0 saturated heterocycles. The average Bonchev–Trinajstić information content (AvgIpc) is 2.45. The molecule has 1 aromatic carbocycles. The lowest BCUT2D eigenvalue weighted by atomic mass is 10.1. The van der Waals surface area contributed by atoms with Gasteiger partial charge in [0.25, 0.3) is 0 Å².